The second-order valence-electron chi connectivity index (χ2n) is 7.58. The van der Waals surface area contributed by atoms with E-state index in [4.69, 9.17) is 4.65 Å². The van der Waals surface area contributed by atoms with Crippen LogP contribution in [0.2, 0.25) is 0 Å². The largest absolute Gasteiger partial charge is 0.547 e. The Balaban J connectivity index is 1.52. The van der Waals surface area contributed by atoms with E-state index >= 15 is 0 Å². The summed E-state index contributed by atoms with van der Waals surface area (Å²) in [5, 5.41) is 31.3. The van der Waals surface area contributed by atoms with Crippen molar-refractivity contribution in [2.45, 2.75) is 43.7 Å². The van der Waals surface area contributed by atoms with Gasteiger partial charge in [-0.3, -0.25) is 9.59 Å². The average Bonchev–Trinajstić information content (AvgIpc) is 2.69. The number of aromatic carboxylic acids is 1. The number of carbonyl (C=O) groups is 3. The molecule has 1 aromatic rings. The highest BCUT2D eigenvalue weighted by Crippen LogP contribution is 2.30. The number of hydrogen-bond acceptors (Lipinski definition) is 7. The number of hydrogen-bond donors (Lipinski definition) is 6. The van der Waals surface area contributed by atoms with Gasteiger partial charge in [0.1, 0.15) is 5.75 Å². The van der Waals surface area contributed by atoms with E-state index < -0.39 is 19.0 Å². The third kappa shape index (κ3) is 5.29. The van der Waals surface area contributed by atoms with Crippen LogP contribution in [0.25, 0.3) is 0 Å². The Labute approximate surface area is 174 Å². The van der Waals surface area contributed by atoms with Gasteiger partial charge in [-0.15, -0.1) is 0 Å². The molecule has 162 valence electrons. The Morgan fingerprint density at radius 2 is 2.10 bits per heavy atom. The Bertz CT molecular complexity index is 807. The topological polar surface area (TPSA) is 149 Å². The monoisotopic (exact) mass is 418 g/mol. The molecule has 2 aliphatic heterocycles. The van der Waals surface area contributed by atoms with E-state index in [1.165, 1.54) is 6.07 Å². The molecule has 1 aromatic carbocycles. The van der Waals surface area contributed by atoms with Crippen molar-refractivity contribution in [3.05, 3.63) is 29.3 Å². The zero-order valence-corrected chi connectivity index (χ0v) is 16.8. The summed E-state index contributed by atoms with van der Waals surface area (Å²) in [6, 6.07) is 4.17. The lowest BCUT2D eigenvalue weighted by Gasteiger charge is -2.31. The van der Waals surface area contributed by atoms with Crippen LogP contribution in [0.3, 0.4) is 0 Å². The summed E-state index contributed by atoms with van der Waals surface area (Å²) >= 11 is 0. The highest BCUT2D eigenvalue weighted by molar-refractivity contribution is 6.47. The van der Waals surface area contributed by atoms with Gasteiger partial charge in [0.25, 0.3) is 0 Å². The van der Waals surface area contributed by atoms with Gasteiger partial charge >= 0.3 is 13.1 Å². The van der Waals surface area contributed by atoms with Gasteiger partial charge in [-0.1, -0.05) is 12.1 Å². The van der Waals surface area contributed by atoms with E-state index in [1.54, 1.807) is 12.1 Å². The Hall–Kier alpha value is -2.63. The molecule has 11 heteroatoms. The van der Waals surface area contributed by atoms with Crippen LogP contribution in [0.15, 0.2) is 18.2 Å². The van der Waals surface area contributed by atoms with Crippen molar-refractivity contribution < 1.29 is 29.2 Å². The predicted molar refractivity (Wildman–Crippen MR) is 109 cm³/mol. The van der Waals surface area contributed by atoms with Gasteiger partial charge in [-0.2, -0.15) is 0 Å². The minimum atomic E-state index is -1.36. The number of fused-ring (bicyclic) bond motifs is 1. The fourth-order valence-corrected chi connectivity index (χ4v) is 3.80. The van der Waals surface area contributed by atoms with E-state index in [9.17, 15) is 24.5 Å². The van der Waals surface area contributed by atoms with E-state index in [0.717, 1.165) is 6.54 Å². The lowest BCUT2D eigenvalue weighted by Crippen LogP contribution is -2.56. The first-order valence-electron chi connectivity index (χ1n) is 10.1. The maximum atomic E-state index is 12.5. The molecule has 2 aliphatic rings. The van der Waals surface area contributed by atoms with Crippen molar-refractivity contribution in [3.63, 3.8) is 0 Å². The zero-order chi connectivity index (χ0) is 21.7. The van der Waals surface area contributed by atoms with Crippen molar-refractivity contribution in [2.75, 3.05) is 20.1 Å². The standard InChI is InChI=1S/C19H27BN4O6/c1-21-7-8-22-14-6-5-12(23-18(14)26)10-16(25)24-15-9-11-3-2-4-13(19(27)28)17(11)30-20(15)29/h2-4,12,14-15,21-22,29H,5-10H2,1H3,(H,23,26)(H,24,25)(H,27,28)/t12?,14?,15-/m0/s1. The van der Waals surface area contributed by atoms with Gasteiger partial charge in [-0.05, 0) is 37.9 Å². The maximum absolute atomic E-state index is 12.5. The third-order valence-corrected chi connectivity index (χ3v) is 5.36. The van der Waals surface area contributed by atoms with Crippen molar-refractivity contribution in [1.29, 1.82) is 0 Å². The van der Waals surface area contributed by atoms with E-state index in [1.807, 2.05) is 7.05 Å². The quantitative estimate of drug-likeness (QED) is 0.225. The number of rotatable bonds is 8. The molecule has 0 aromatic heterocycles. The van der Waals surface area contributed by atoms with E-state index in [0.29, 0.717) is 24.9 Å². The van der Waals surface area contributed by atoms with Crippen LogP contribution in [0.1, 0.15) is 35.2 Å². The maximum Gasteiger partial charge on any atom is 0.547 e. The fourth-order valence-electron chi connectivity index (χ4n) is 3.80. The molecule has 2 unspecified atom stereocenters. The highest BCUT2D eigenvalue weighted by Gasteiger charge is 2.38. The third-order valence-electron chi connectivity index (χ3n) is 5.36. The number of para-hydroxylation sites is 1. The SMILES string of the molecule is CNCCNC1CCC(CC(=O)N[C@H]2Cc3cccc(C(=O)O)c3OB2O)NC1=O. The molecular formula is C19H27BN4O6. The molecule has 0 spiro atoms. The average molecular weight is 418 g/mol. The van der Waals surface area contributed by atoms with Crippen LogP contribution in [0, 0.1) is 0 Å². The molecule has 2 heterocycles. The summed E-state index contributed by atoms with van der Waals surface area (Å²) < 4.78 is 5.38. The van der Waals surface area contributed by atoms with Crippen LogP contribution < -0.4 is 25.9 Å². The molecule has 6 N–H and O–H groups in total. The minimum Gasteiger partial charge on any atom is -0.534 e. The number of amides is 2. The first-order chi connectivity index (χ1) is 14.4. The number of carboxylic acids is 1. The van der Waals surface area contributed by atoms with Crippen LogP contribution in [-0.2, 0) is 16.0 Å². The van der Waals surface area contributed by atoms with Crippen molar-refractivity contribution in [1.82, 2.24) is 21.3 Å². The molecule has 2 amide bonds. The summed E-state index contributed by atoms with van der Waals surface area (Å²) in [4.78, 5) is 36.0. The number of nitrogens with one attached hydrogen (secondary N) is 4. The minimum absolute atomic E-state index is 0.0286. The molecule has 0 bridgehead atoms. The predicted octanol–water partition coefficient (Wildman–Crippen LogP) is -1.33. The van der Waals surface area contributed by atoms with Gasteiger partial charge in [0.2, 0.25) is 11.8 Å². The number of carbonyl (C=O) groups excluding carboxylic acids is 2. The van der Waals surface area contributed by atoms with Crippen LogP contribution in [0.5, 0.6) is 5.75 Å². The normalized spacial score (nSPS) is 23.2. The molecule has 0 aliphatic carbocycles. The first kappa shape index (κ1) is 22.1. The molecule has 3 rings (SSSR count). The summed E-state index contributed by atoms with van der Waals surface area (Å²) in [5.41, 5.74) is 0.575. The Kier molecular flexibility index (Phi) is 7.30. The fraction of sp³-hybridized carbons (Fsp3) is 0.526. The molecule has 3 atom stereocenters. The smallest absolute Gasteiger partial charge is 0.534 e. The van der Waals surface area contributed by atoms with Crippen molar-refractivity contribution in [3.8, 4) is 5.75 Å². The Morgan fingerprint density at radius 1 is 1.30 bits per heavy atom. The van der Waals surface area contributed by atoms with Gasteiger partial charge < -0.3 is 36.1 Å². The zero-order valence-electron chi connectivity index (χ0n) is 16.8. The first-order valence-corrected chi connectivity index (χ1v) is 10.1. The number of benzene rings is 1. The molecule has 30 heavy (non-hydrogen) atoms. The molecule has 0 radical (unpaired) electrons. The molecule has 1 saturated heterocycles. The lowest BCUT2D eigenvalue weighted by atomic mass is 9.72. The second-order valence-corrected chi connectivity index (χ2v) is 7.58. The number of likely N-dealkylation sites (N-methyl/N-ethyl adjacent to an activating group) is 1. The van der Waals surface area contributed by atoms with Crippen LogP contribution in [-0.4, -0.2) is 73.2 Å². The van der Waals surface area contributed by atoms with Gasteiger partial charge in [0, 0.05) is 25.6 Å². The number of carboxylic acid groups (broad SMARTS) is 1. The molecule has 0 saturated carbocycles. The molecule has 1 fully saturated rings. The molecule has 10 nitrogen and oxygen atoms in total. The van der Waals surface area contributed by atoms with E-state index in [2.05, 4.69) is 21.3 Å². The highest BCUT2D eigenvalue weighted by atomic mass is 16.5. The summed E-state index contributed by atoms with van der Waals surface area (Å²) in [6.45, 7) is 1.45. The van der Waals surface area contributed by atoms with Crippen LogP contribution in [0.4, 0.5) is 0 Å². The molecular weight excluding hydrogens is 391 g/mol. The summed E-state index contributed by atoms with van der Waals surface area (Å²) in [7, 11) is 0.485. The lowest BCUT2D eigenvalue weighted by molar-refractivity contribution is -0.127. The van der Waals surface area contributed by atoms with Gasteiger partial charge in [0.05, 0.1) is 17.5 Å². The van der Waals surface area contributed by atoms with Crippen LogP contribution >= 0.6 is 0 Å². The summed E-state index contributed by atoms with van der Waals surface area (Å²) in [5.74, 6) is -2.16. The second kappa shape index (κ2) is 9.92. The van der Waals surface area contributed by atoms with Gasteiger partial charge in [0.15, 0.2) is 0 Å². The van der Waals surface area contributed by atoms with E-state index in [-0.39, 0.29) is 48.1 Å². The van der Waals surface area contributed by atoms with Gasteiger partial charge in [-0.25, -0.2) is 4.79 Å². The number of piperidine rings is 1. The van der Waals surface area contributed by atoms with Crippen molar-refractivity contribution >= 4 is 24.9 Å². The summed E-state index contributed by atoms with van der Waals surface area (Å²) in [6.07, 6.45) is 1.66. The van der Waals surface area contributed by atoms with Crippen molar-refractivity contribution in [2.24, 2.45) is 0 Å². The Morgan fingerprint density at radius 3 is 2.80 bits per heavy atom.